The number of anilines is 3. The van der Waals surface area contributed by atoms with E-state index in [1.165, 1.54) is 4.90 Å². The van der Waals surface area contributed by atoms with Crippen molar-refractivity contribution in [2.45, 2.75) is 6.54 Å². The van der Waals surface area contributed by atoms with E-state index in [2.05, 4.69) is 5.32 Å². The Kier molecular flexibility index (Phi) is 6.07. The Hall–Kier alpha value is -3.60. The largest absolute Gasteiger partial charge is 0.378 e. The van der Waals surface area contributed by atoms with Gasteiger partial charge in [0, 0.05) is 31.2 Å². The van der Waals surface area contributed by atoms with Crippen molar-refractivity contribution in [3.05, 3.63) is 90.5 Å². The summed E-state index contributed by atoms with van der Waals surface area (Å²) in [6, 6.07) is 26.2. The molecule has 0 saturated heterocycles. The van der Waals surface area contributed by atoms with Gasteiger partial charge < -0.3 is 10.2 Å². The molecular formula is C23H23N3O2. The van der Waals surface area contributed by atoms with Crippen molar-refractivity contribution >= 4 is 28.9 Å². The van der Waals surface area contributed by atoms with Crippen LogP contribution in [0.4, 0.5) is 17.1 Å². The molecule has 0 aromatic heterocycles. The summed E-state index contributed by atoms with van der Waals surface area (Å²) in [6.07, 6.45) is 0. The number of benzene rings is 3. The fraction of sp³-hybridized carbons (Fsp3) is 0.130. The molecule has 3 rings (SSSR count). The summed E-state index contributed by atoms with van der Waals surface area (Å²) < 4.78 is 0. The molecule has 0 aliphatic rings. The first kappa shape index (κ1) is 19.2. The molecule has 0 saturated carbocycles. The van der Waals surface area contributed by atoms with Crippen molar-refractivity contribution in [2.75, 3.05) is 29.2 Å². The van der Waals surface area contributed by atoms with Crippen LogP contribution in [-0.2, 0) is 16.1 Å². The number of rotatable bonds is 5. The van der Waals surface area contributed by atoms with E-state index in [1.54, 1.807) is 12.1 Å². The van der Waals surface area contributed by atoms with E-state index >= 15 is 0 Å². The number of carbonyl (C=O) groups is 2. The number of carbonyl (C=O) groups excluding carboxylic acids is 2. The molecule has 0 unspecified atom stereocenters. The summed E-state index contributed by atoms with van der Waals surface area (Å²) in [6.45, 7) is 0.316. The third-order valence-electron chi connectivity index (χ3n) is 4.33. The molecule has 3 aromatic carbocycles. The number of hydrogen-bond acceptors (Lipinski definition) is 3. The highest BCUT2D eigenvalue weighted by Crippen LogP contribution is 2.19. The molecule has 0 spiro atoms. The molecule has 0 bridgehead atoms. The number of nitrogens with zero attached hydrogens (tertiary/aromatic N) is 2. The molecule has 0 aliphatic heterocycles. The summed E-state index contributed by atoms with van der Waals surface area (Å²) in [7, 11) is 3.89. The molecule has 0 fully saturated rings. The maximum Gasteiger partial charge on any atom is 0.316 e. The van der Waals surface area contributed by atoms with Gasteiger partial charge in [-0.3, -0.25) is 14.5 Å². The second-order valence-corrected chi connectivity index (χ2v) is 6.61. The molecule has 142 valence electrons. The van der Waals surface area contributed by atoms with E-state index in [1.807, 2.05) is 91.8 Å². The highest BCUT2D eigenvalue weighted by Gasteiger charge is 2.23. The van der Waals surface area contributed by atoms with Crippen molar-refractivity contribution in [2.24, 2.45) is 0 Å². The van der Waals surface area contributed by atoms with Gasteiger partial charge in [0.2, 0.25) is 0 Å². The zero-order chi connectivity index (χ0) is 19.9. The van der Waals surface area contributed by atoms with Crippen LogP contribution in [0, 0.1) is 0 Å². The lowest BCUT2D eigenvalue weighted by Crippen LogP contribution is -2.39. The third-order valence-corrected chi connectivity index (χ3v) is 4.33. The van der Waals surface area contributed by atoms with Gasteiger partial charge in [-0.1, -0.05) is 48.5 Å². The van der Waals surface area contributed by atoms with Crippen molar-refractivity contribution < 1.29 is 9.59 Å². The van der Waals surface area contributed by atoms with E-state index in [0.717, 1.165) is 11.3 Å². The smallest absolute Gasteiger partial charge is 0.316 e. The Labute approximate surface area is 165 Å². The van der Waals surface area contributed by atoms with Crippen LogP contribution in [-0.4, -0.2) is 25.9 Å². The summed E-state index contributed by atoms with van der Waals surface area (Å²) in [4.78, 5) is 29.0. The third kappa shape index (κ3) is 4.76. The van der Waals surface area contributed by atoms with Crippen LogP contribution >= 0.6 is 0 Å². The molecular weight excluding hydrogens is 350 g/mol. The summed E-state index contributed by atoms with van der Waals surface area (Å²) in [5, 5.41) is 2.70. The van der Waals surface area contributed by atoms with Crippen LogP contribution in [0.25, 0.3) is 0 Å². The second kappa shape index (κ2) is 8.86. The van der Waals surface area contributed by atoms with Gasteiger partial charge in [-0.15, -0.1) is 0 Å². The minimum atomic E-state index is -0.669. The zero-order valence-corrected chi connectivity index (χ0v) is 16.0. The first-order valence-electron chi connectivity index (χ1n) is 9.04. The van der Waals surface area contributed by atoms with E-state index < -0.39 is 11.8 Å². The lowest BCUT2D eigenvalue weighted by Gasteiger charge is -2.22. The second-order valence-electron chi connectivity index (χ2n) is 6.61. The van der Waals surface area contributed by atoms with Gasteiger partial charge in [0.15, 0.2) is 0 Å². The molecule has 0 radical (unpaired) electrons. The minimum Gasteiger partial charge on any atom is -0.378 e. The molecule has 1 N–H and O–H groups in total. The average Bonchev–Trinajstić information content (AvgIpc) is 2.73. The highest BCUT2D eigenvalue weighted by atomic mass is 16.2. The maximum atomic E-state index is 12.9. The molecule has 5 nitrogen and oxygen atoms in total. The van der Waals surface area contributed by atoms with Crippen molar-refractivity contribution in [3.63, 3.8) is 0 Å². The van der Waals surface area contributed by atoms with Gasteiger partial charge in [-0.2, -0.15) is 0 Å². The molecule has 0 atom stereocenters. The molecule has 0 heterocycles. The molecule has 28 heavy (non-hydrogen) atoms. The number of para-hydroxylation sites is 1. The topological polar surface area (TPSA) is 52.7 Å². The predicted molar refractivity (Wildman–Crippen MR) is 113 cm³/mol. The molecule has 5 heteroatoms. The minimum absolute atomic E-state index is 0.316. The van der Waals surface area contributed by atoms with Gasteiger partial charge in [0.25, 0.3) is 0 Å². The van der Waals surface area contributed by atoms with Crippen molar-refractivity contribution in [1.82, 2.24) is 0 Å². The van der Waals surface area contributed by atoms with Gasteiger partial charge in [-0.05, 0) is 42.0 Å². The molecule has 3 aromatic rings. The number of amides is 2. The Bertz CT molecular complexity index is 923. The number of nitrogens with one attached hydrogen (secondary N) is 1. The molecule has 2 amide bonds. The lowest BCUT2D eigenvalue weighted by molar-refractivity contribution is -0.134. The first-order chi connectivity index (χ1) is 13.5. The van der Waals surface area contributed by atoms with Crippen LogP contribution in [0.1, 0.15) is 5.56 Å². The normalized spacial score (nSPS) is 10.2. The van der Waals surface area contributed by atoms with Gasteiger partial charge >= 0.3 is 11.8 Å². The van der Waals surface area contributed by atoms with E-state index in [0.29, 0.717) is 17.9 Å². The van der Waals surface area contributed by atoms with E-state index in [-0.39, 0.29) is 0 Å². The number of hydrogen-bond donors (Lipinski definition) is 1. The highest BCUT2D eigenvalue weighted by molar-refractivity contribution is 6.44. The quantitative estimate of drug-likeness (QED) is 0.690. The lowest BCUT2D eigenvalue weighted by atomic mass is 10.2. The summed E-state index contributed by atoms with van der Waals surface area (Å²) in [5.74, 6) is -1.27. The van der Waals surface area contributed by atoms with Gasteiger partial charge in [-0.25, -0.2) is 0 Å². The Balaban J connectivity index is 1.79. The fourth-order valence-corrected chi connectivity index (χ4v) is 2.80. The van der Waals surface area contributed by atoms with Crippen molar-refractivity contribution in [1.29, 1.82) is 0 Å². The van der Waals surface area contributed by atoms with Crippen LogP contribution in [0.15, 0.2) is 84.9 Å². The Morgan fingerprint density at radius 3 is 1.89 bits per heavy atom. The predicted octanol–water partition coefficient (Wildman–Crippen LogP) is 3.92. The van der Waals surface area contributed by atoms with Crippen molar-refractivity contribution in [3.8, 4) is 0 Å². The summed E-state index contributed by atoms with van der Waals surface area (Å²) >= 11 is 0. The molecule has 0 aliphatic carbocycles. The zero-order valence-electron chi connectivity index (χ0n) is 16.0. The summed E-state index contributed by atoms with van der Waals surface area (Å²) in [5.41, 5.74) is 3.22. The van der Waals surface area contributed by atoms with E-state index in [4.69, 9.17) is 0 Å². The van der Waals surface area contributed by atoms with Crippen LogP contribution in [0.2, 0.25) is 0 Å². The SMILES string of the molecule is CN(C)c1ccc(NC(=O)C(=O)N(Cc2ccccc2)c2ccccc2)cc1. The van der Waals surface area contributed by atoms with Crippen LogP contribution in [0.3, 0.4) is 0 Å². The van der Waals surface area contributed by atoms with Gasteiger partial charge in [0.05, 0.1) is 6.54 Å². The average molecular weight is 373 g/mol. The van der Waals surface area contributed by atoms with Crippen LogP contribution < -0.4 is 15.1 Å². The Morgan fingerprint density at radius 2 is 1.32 bits per heavy atom. The van der Waals surface area contributed by atoms with Gasteiger partial charge in [0.1, 0.15) is 0 Å². The Morgan fingerprint density at radius 1 is 0.750 bits per heavy atom. The first-order valence-corrected chi connectivity index (χ1v) is 9.04. The fourth-order valence-electron chi connectivity index (χ4n) is 2.80. The van der Waals surface area contributed by atoms with E-state index in [9.17, 15) is 9.59 Å². The van der Waals surface area contributed by atoms with Crippen LogP contribution in [0.5, 0.6) is 0 Å². The maximum absolute atomic E-state index is 12.9. The standard InChI is InChI=1S/C23H23N3O2/c1-25(2)20-15-13-19(14-16-20)24-22(27)23(28)26(21-11-7-4-8-12-21)17-18-9-5-3-6-10-18/h3-16H,17H2,1-2H3,(H,24,27). The monoisotopic (exact) mass is 373 g/mol.